The van der Waals surface area contributed by atoms with Crippen LogP contribution in [-0.4, -0.2) is 12.5 Å². The first kappa shape index (κ1) is 26.3. The van der Waals surface area contributed by atoms with Gasteiger partial charge in [0.05, 0.1) is 12.3 Å². The van der Waals surface area contributed by atoms with Gasteiger partial charge in [-0.15, -0.1) is 0 Å². The van der Waals surface area contributed by atoms with Crippen molar-refractivity contribution in [1.82, 2.24) is 0 Å². The zero-order valence-corrected chi connectivity index (χ0v) is 22.0. The largest absolute Gasteiger partial charge is 0.491 e. The Hall–Kier alpha value is -3.27. The van der Waals surface area contributed by atoms with Crippen molar-refractivity contribution in [2.45, 2.75) is 66.9 Å². The molecule has 0 aliphatic rings. The molecule has 0 heterocycles. The Labute approximate surface area is 210 Å². The molecule has 186 valence electrons. The number of nitrogens with one attached hydrogen (secondary N) is 1. The van der Waals surface area contributed by atoms with Crippen molar-refractivity contribution in [3.63, 3.8) is 0 Å². The monoisotopic (exact) mass is 473 g/mol. The normalized spacial score (nSPS) is 11.9. The van der Waals surface area contributed by atoms with E-state index in [1.165, 1.54) is 5.56 Å². The molecule has 1 atom stereocenters. The van der Waals surface area contributed by atoms with E-state index in [1.54, 1.807) is 0 Å². The smallest absolute Gasteiger partial charge is 0.256 e. The molecule has 0 fully saturated rings. The molecule has 3 rings (SSSR count). The summed E-state index contributed by atoms with van der Waals surface area (Å²) >= 11 is 0. The lowest BCUT2D eigenvalue weighted by Gasteiger charge is -2.20. The Morgan fingerprint density at radius 2 is 1.60 bits per heavy atom. The van der Waals surface area contributed by atoms with Crippen molar-refractivity contribution >= 4 is 11.6 Å². The highest BCUT2D eigenvalue weighted by molar-refractivity contribution is 6.06. The second kappa shape index (κ2) is 12.4. The zero-order valence-electron chi connectivity index (χ0n) is 22.0. The minimum absolute atomic E-state index is 0.0898. The average molecular weight is 474 g/mol. The minimum atomic E-state index is -0.155. The van der Waals surface area contributed by atoms with Crippen LogP contribution in [0.5, 0.6) is 11.5 Å². The van der Waals surface area contributed by atoms with Gasteiger partial charge in [0.2, 0.25) is 0 Å². The molecule has 4 heteroatoms. The van der Waals surface area contributed by atoms with E-state index in [4.69, 9.17) is 9.47 Å². The third-order valence-electron chi connectivity index (χ3n) is 6.27. The highest BCUT2D eigenvalue weighted by Crippen LogP contribution is 2.30. The summed E-state index contributed by atoms with van der Waals surface area (Å²) in [7, 11) is 0. The summed E-state index contributed by atoms with van der Waals surface area (Å²) in [6.07, 6.45) is 3.02. The lowest BCUT2D eigenvalue weighted by Crippen LogP contribution is -2.15. The average Bonchev–Trinajstić information content (AvgIpc) is 2.83. The second-order valence-corrected chi connectivity index (χ2v) is 9.61. The van der Waals surface area contributed by atoms with E-state index in [9.17, 15) is 4.79 Å². The Kier molecular flexibility index (Phi) is 9.36. The first-order valence-corrected chi connectivity index (χ1v) is 12.7. The number of carbonyl (C=O) groups is 1. The molecule has 0 aliphatic carbocycles. The molecule has 0 saturated carbocycles. The number of carbonyl (C=O) groups excluding carboxylic acids is 1. The zero-order chi connectivity index (χ0) is 25.4. The van der Waals surface area contributed by atoms with Crippen LogP contribution in [0.15, 0.2) is 60.7 Å². The lowest BCUT2D eigenvalue weighted by molar-refractivity contribution is 0.102. The lowest BCUT2D eigenvalue weighted by atomic mass is 10.00. The molecule has 35 heavy (non-hydrogen) atoms. The maximum atomic E-state index is 13.1. The molecule has 0 radical (unpaired) electrons. The summed E-state index contributed by atoms with van der Waals surface area (Å²) in [5.41, 5.74) is 5.66. The summed E-state index contributed by atoms with van der Waals surface area (Å²) in [5, 5.41) is 3.02. The van der Waals surface area contributed by atoms with Crippen LogP contribution in [0.4, 0.5) is 5.69 Å². The van der Waals surface area contributed by atoms with E-state index in [1.807, 2.05) is 50.2 Å². The Morgan fingerprint density at radius 1 is 0.886 bits per heavy atom. The van der Waals surface area contributed by atoms with Crippen LogP contribution >= 0.6 is 0 Å². The van der Waals surface area contributed by atoms with Crippen LogP contribution < -0.4 is 14.8 Å². The number of para-hydroxylation sites is 2. The number of ether oxygens (including phenoxy) is 2. The van der Waals surface area contributed by atoms with Gasteiger partial charge in [0.1, 0.15) is 17.6 Å². The Balaban J connectivity index is 1.71. The molecule has 3 aromatic carbocycles. The molecule has 1 unspecified atom stereocenters. The van der Waals surface area contributed by atoms with Gasteiger partial charge in [-0.2, -0.15) is 0 Å². The molecule has 0 aromatic heterocycles. The highest BCUT2D eigenvalue weighted by Gasteiger charge is 2.17. The molecule has 4 nitrogen and oxygen atoms in total. The Morgan fingerprint density at radius 3 is 2.29 bits per heavy atom. The number of amides is 1. The fourth-order valence-corrected chi connectivity index (χ4v) is 4.04. The number of rotatable bonds is 11. The Bertz CT molecular complexity index is 1120. The molecule has 0 bridgehead atoms. The van der Waals surface area contributed by atoms with Crippen LogP contribution in [0, 0.1) is 19.8 Å². The topological polar surface area (TPSA) is 47.6 Å². The number of anilines is 1. The van der Waals surface area contributed by atoms with Crippen LogP contribution in [0.3, 0.4) is 0 Å². The van der Waals surface area contributed by atoms with E-state index in [-0.39, 0.29) is 12.0 Å². The van der Waals surface area contributed by atoms with E-state index in [0.717, 1.165) is 41.7 Å². The van der Waals surface area contributed by atoms with E-state index >= 15 is 0 Å². The summed E-state index contributed by atoms with van der Waals surface area (Å²) in [6.45, 7) is 13.2. The summed E-state index contributed by atoms with van der Waals surface area (Å²) in [4.78, 5) is 13.1. The quantitative estimate of drug-likeness (QED) is 0.286. The molecular formula is C31H39NO3. The summed E-state index contributed by atoms with van der Waals surface area (Å²) in [5.74, 6) is 1.97. The van der Waals surface area contributed by atoms with Crippen molar-refractivity contribution in [3.8, 4) is 11.5 Å². The molecule has 1 amide bonds. The van der Waals surface area contributed by atoms with Crippen LogP contribution in [0.25, 0.3) is 0 Å². The van der Waals surface area contributed by atoms with Gasteiger partial charge in [0.25, 0.3) is 5.91 Å². The van der Waals surface area contributed by atoms with Gasteiger partial charge in [0.15, 0.2) is 0 Å². The SMILES string of the molecule is CCCCOc1ccccc1NC(=O)c1ccc(OC(C)c2ccc(CC(C)C)cc2)c(C)c1C. The highest BCUT2D eigenvalue weighted by atomic mass is 16.5. The molecular weight excluding hydrogens is 434 g/mol. The number of unbranched alkanes of at least 4 members (excludes halogenated alkanes) is 1. The van der Waals surface area contributed by atoms with E-state index in [0.29, 0.717) is 29.5 Å². The summed E-state index contributed by atoms with van der Waals surface area (Å²) < 4.78 is 12.2. The first-order chi connectivity index (χ1) is 16.8. The molecule has 3 aromatic rings. The van der Waals surface area contributed by atoms with Crippen molar-refractivity contribution in [2.75, 3.05) is 11.9 Å². The van der Waals surface area contributed by atoms with E-state index in [2.05, 4.69) is 57.3 Å². The van der Waals surface area contributed by atoms with Crippen LogP contribution in [0.1, 0.15) is 79.3 Å². The van der Waals surface area contributed by atoms with Gasteiger partial charge in [-0.25, -0.2) is 0 Å². The molecule has 0 aliphatic heterocycles. The number of hydrogen-bond acceptors (Lipinski definition) is 3. The first-order valence-electron chi connectivity index (χ1n) is 12.7. The standard InChI is InChI=1S/C31H39NO3/c1-7-8-19-34-30-12-10-9-11-28(30)32-31(33)27-17-18-29(23(5)22(27)4)35-24(6)26-15-13-25(14-16-26)20-21(2)3/h9-18,21,24H,7-8,19-20H2,1-6H3,(H,32,33). The molecule has 0 spiro atoms. The van der Waals surface area contributed by atoms with Crippen molar-refractivity contribution < 1.29 is 14.3 Å². The molecule has 0 saturated heterocycles. The third-order valence-corrected chi connectivity index (χ3v) is 6.27. The van der Waals surface area contributed by atoms with Gasteiger partial charge in [-0.1, -0.05) is 63.6 Å². The van der Waals surface area contributed by atoms with Crippen LogP contribution in [-0.2, 0) is 6.42 Å². The predicted molar refractivity (Wildman–Crippen MR) is 145 cm³/mol. The van der Waals surface area contributed by atoms with Crippen molar-refractivity contribution in [1.29, 1.82) is 0 Å². The second-order valence-electron chi connectivity index (χ2n) is 9.61. The van der Waals surface area contributed by atoms with Gasteiger partial charge < -0.3 is 14.8 Å². The fourth-order valence-electron chi connectivity index (χ4n) is 4.04. The van der Waals surface area contributed by atoms with Gasteiger partial charge in [-0.3, -0.25) is 4.79 Å². The van der Waals surface area contributed by atoms with Crippen LogP contribution in [0.2, 0.25) is 0 Å². The fraction of sp³-hybridized carbons (Fsp3) is 0.387. The minimum Gasteiger partial charge on any atom is -0.491 e. The maximum absolute atomic E-state index is 13.1. The van der Waals surface area contributed by atoms with Gasteiger partial charge >= 0.3 is 0 Å². The predicted octanol–water partition coefficient (Wildman–Crippen LogP) is 8.07. The van der Waals surface area contributed by atoms with Crippen molar-refractivity contribution in [2.24, 2.45) is 5.92 Å². The molecule has 1 N–H and O–H groups in total. The van der Waals surface area contributed by atoms with Crippen molar-refractivity contribution in [3.05, 3.63) is 88.5 Å². The number of benzene rings is 3. The van der Waals surface area contributed by atoms with Gasteiger partial charge in [0, 0.05) is 5.56 Å². The van der Waals surface area contributed by atoms with E-state index < -0.39 is 0 Å². The number of hydrogen-bond donors (Lipinski definition) is 1. The maximum Gasteiger partial charge on any atom is 0.256 e. The summed E-state index contributed by atoms with van der Waals surface area (Å²) in [6, 6.07) is 20.0. The third kappa shape index (κ3) is 7.11. The van der Waals surface area contributed by atoms with Gasteiger partial charge in [-0.05, 0) is 86.1 Å².